The van der Waals surface area contributed by atoms with Gasteiger partial charge in [-0.2, -0.15) is 0 Å². The number of urea groups is 1. The number of hydrogen-bond donors (Lipinski definition) is 2. The van der Waals surface area contributed by atoms with Crippen LogP contribution in [0.3, 0.4) is 0 Å². The van der Waals surface area contributed by atoms with Gasteiger partial charge in [-0.3, -0.25) is 14.5 Å². The maximum absolute atomic E-state index is 12.7. The van der Waals surface area contributed by atoms with Gasteiger partial charge in [0.25, 0.3) is 5.91 Å². The van der Waals surface area contributed by atoms with Crippen LogP contribution in [0.25, 0.3) is 0 Å². The number of carbonyl (C=O) groups is 3. The van der Waals surface area contributed by atoms with Gasteiger partial charge >= 0.3 is 6.03 Å². The minimum absolute atomic E-state index is 0.0512. The van der Waals surface area contributed by atoms with Crippen molar-refractivity contribution in [3.05, 3.63) is 48.0 Å². The van der Waals surface area contributed by atoms with Crippen molar-refractivity contribution >= 4 is 23.5 Å². The second kappa shape index (κ2) is 9.17. The predicted molar refractivity (Wildman–Crippen MR) is 109 cm³/mol. The Labute approximate surface area is 173 Å². The molecule has 1 saturated heterocycles. The van der Waals surface area contributed by atoms with Crippen molar-refractivity contribution in [1.82, 2.24) is 10.2 Å². The van der Waals surface area contributed by atoms with Crippen molar-refractivity contribution in [2.45, 2.75) is 19.0 Å². The summed E-state index contributed by atoms with van der Waals surface area (Å²) >= 11 is 0. The van der Waals surface area contributed by atoms with Gasteiger partial charge in [0.05, 0.1) is 40.0 Å². The van der Waals surface area contributed by atoms with E-state index in [0.717, 1.165) is 4.90 Å². The van der Waals surface area contributed by atoms with Crippen molar-refractivity contribution in [2.75, 3.05) is 26.6 Å². The Morgan fingerprint density at radius 2 is 1.70 bits per heavy atom. The molecule has 0 saturated carbocycles. The highest BCUT2D eigenvalue weighted by Crippen LogP contribution is 2.29. The summed E-state index contributed by atoms with van der Waals surface area (Å²) in [4.78, 5) is 38.5. The number of nitrogens with zero attached hydrogens (tertiary/aromatic N) is 1. The SMILES string of the molecule is COc1ccccc1NC(=O)C[C@H]1NC(=O)N(Cc2ccc(OC)c(OC)c2)C1=O. The van der Waals surface area contributed by atoms with Gasteiger partial charge in [0.2, 0.25) is 5.91 Å². The largest absolute Gasteiger partial charge is 0.495 e. The van der Waals surface area contributed by atoms with Crippen molar-refractivity contribution in [1.29, 1.82) is 0 Å². The smallest absolute Gasteiger partial charge is 0.325 e. The zero-order valence-electron chi connectivity index (χ0n) is 16.9. The molecular weight excluding hydrogens is 390 g/mol. The lowest BCUT2D eigenvalue weighted by Gasteiger charge is -2.15. The Balaban J connectivity index is 1.65. The van der Waals surface area contributed by atoms with Crippen LogP contribution in [0.15, 0.2) is 42.5 Å². The Bertz CT molecular complexity index is 962. The van der Waals surface area contributed by atoms with E-state index < -0.39 is 23.9 Å². The molecule has 0 unspecified atom stereocenters. The van der Waals surface area contributed by atoms with E-state index in [-0.39, 0.29) is 13.0 Å². The summed E-state index contributed by atoms with van der Waals surface area (Å²) in [5.41, 5.74) is 1.18. The zero-order chi connectivity index (χ0) is 21.7. The van der Waals surface area contributed by atoms with E-state index in [2.05, 4.69) is 10.6 Å². The molecule has 2 aromatic rings. The van der Waals surface area contributed by atoms with Gasteiger partial charge in [0.15, 0.2) is 11.5 Å². The van der Waals surface area contributed by atoms with Crippen molar-refractivity contribution in [3.63, 3.8) is 0 Å². The average molecular weight is 413 g/mol. The molecule has 0 aliphatic carbocycles. The molecule has 0 bridgehead atoms. The summed E-state index contributed by atoms with van der Waals surface area (Å²) in [7, 11) is 4.53. The molecule has 3 rings (SSSR count). The first-order chi connectivity index (χ1) is 14.5. The van der Waals surface area contributed by atoms with Gasteiger partial charge in [-0.25, -0.2) is 4.79 Å². The molecule has 158 valence electrons. The molecule has 1 atom stereocenters. The maximum Gasteiger partial charge on any atom is 0.325 e. The van der Waals surface area contributed by atoms with Gasteiger partial charge in [0.1, 0.15) is 11.8 Å². The number of rotatable bonds is 8. The monoisotopic (exact) mass is 413 g/mol. The normalized spacial score (nSPS) is 15.6. The van der Waals surface area contributed by atoms with Crippen LogP contribution in [-0.2, 0) is 16.1 Å². The molecule has 9 nitrogen and oxygen atoms in total. The van der Waals surface area contributed by atoms with Gasteiger partial charge in [-0.05, 0) is 29.8 Å². The lowest BCUT2D eigenvalue weighted by molar-refractivity contribution is -0.130. The molecule has 1 aliphatic heterocycles. The van der Waals surface area contributed by atoms with Gasteiger partial charge in [0, 0.05) is 0 Å². The van der Waals surface area contributed by atoms with Crippen LogP contribution in [0.1, 0.15) is 12.0 Å². The summed E-state index contributed by atoms with van der Waals surface area (Å²) < 4.78 is 15.6. The summed E-state index contributed by atoms with van der Waals surface area (Å²) in [6.45, 7) is 0.0512. The first kappa shape index (κ1) is 21.0. The number of ether oxygens (including phenoxy) is 3. The highest BCUT2D eigenvalue weighted by Gasteiger charge is 2.39. The number of nitrogens with one attached hydrogen (secondary N) is 2. The van der Waals surface area contributed by atoms with Gasteiger partial charge in [-0.15, -0.1) is 0 Å². The standard InChI is InChI=1S/C21H23N3O6/c1-28-16-7-5-4-6-14(16)22-19(25)11-15-20(26)24(21(27)23-15)12-13-8-9-17(29-2)18(10-13)30-3/h4-10,15H,11-12H2,1-3H3,(H,22,25)(H,23,27)/t15-/m1/s1. The second-order valence-corrected chi connectivity index (χ2v) is 6.57. The summed E-state index contributed by atoms with van der Waals surface area (Å²) in [5, 5.41) is 5.26. The number of methoxy groups -OCH3 is 3. The van der Waals surface area contributed by atoms with E-state index >= 15 is 0 Å². The van der Waals surface area contributed by atoms with Crippen LogP contribution < -0.4 is 24.8 Å². The van der Waals surface area contributed by atoms with Gasteiger partial charge in [-0.1, -0.05) is 18.2 Å². The highest BCUT2D eigenvalue weighted by molar-refractivity contribution is 6.07. The zero-order valence-corrected chi connectivity index (χ0v) is 16.9. The maximum atomic E-state index is 12.7. The Morgan fingerprint density at radius 3 is 2.40 bits per heavy atom. The molecule has 30 heavy (non-hydrogen) atoms. The molecule has 2 N–H and O–H groups in total. The summed E-state index contributed by atoms with van der Waals surface area (Å²) in [5.74, 6) is 0.665. The highest BCUT2D eigenvalue weighted by atomic mass is 16.5. The third kappa shape index (κ3) is 4.45. The molecule has 9 heteroatoms. The van der Waals surface area contributed by atoms with Crippen LogP contribution >= 0.6 is 0 Å². The number of anilines is 1. The minimum Gasteiger partial charge on any atom is -0.495 e. The quantitative estimate of drug-likeness (QED) is 0.643. The molecule has 0 radical (unpaired) electrons. The van der Waals surface area contributed by atoms with E-state index in [1.54, 1.807) is 42.5 Å². The Kier molecular flexibility index (Phi) is 6.41. The van der Waals surface area contributed by atoms with Crippen molar-refractivity contribution < 1.29 is 28.6 Å². The summed E-state index contributed by atoms with van der Waals surface area (Å²) in [6.07, 6.45) is -0.189. The van der Waals surface area contributed by atoms with Crippen LogP contribution in [0.4, 0.5) is 10.5 Å². The number of benzene rings is 2. The number of hydrogen-bond acceptors (Lipinski definition) is 6. The number of para-hydroxylation sites is 2. The van der Waals surface area contributed by atoms with Gasteiger partial charge < -0.3 is 24.8 Å². The summed E-state index contributed by atoms with van der Waals surface area (Å²) in [6, 6.07) is 10.6. The fourth-order valence-electron chi connectivity index (χ4n) is 3.16. The van der Waals surface area contributed by atoms with Crippen LogP contribution in [-0.4, -0.2) is 50.1 Å². The van der Waals surface area contributed by atoms with E-state index in [9.17, 15) is 14.4 Å². The molecule has 4 amide bonds. The lowest BCUT2D eigenvalue weighted by atomic mass is 10.1. The molecule has 0 aromatic heterocycles. The fraction of sp³-hybridized carbons (Fsp3) is 0.286. The molecule has 1 aliphatic rings. The number of carbonyl (C=O) groups excluding carboxylic acids is 3. The van der Waals surface area contributed by atoms with Crippen molar-refractivity contribution in [2.24, 2.45) is 0 Å². The third-order valence-corrected chi connectivity index (χ3v) is 4.67. The Hall–Kier alpha value is -3.75. The molecule has 0 spiro atoms. The third-order valence-electron chi connectivity index (χ3n) is 4.67. The number of imide groups is 1. The minimum atomic E-state index is -0.938. The average Bonchev–Trinajstić information content (AvgIpc) is 3.01. The molecule has 2 aromatic carbocycles. The van der Waals surface area contributed by atoms with Crippen molar-refractivity contribution in [3.8, 4) is 17.2 Å². The predicted octanol–water partition coefficient (Wildman–Crippen LogP) is 2.16. The molecule has 1 fully saturated rings. The van der Waals surface area contributed by atoms with E-state index in [4.69, 9.17) is 14.2 Å². The van der Waals surface area contributed by atoms with E-state index in [1.807, 2.05) is 0 Å². The van der Waals surface area contributed by atoms with Crippen LogP contribution in [0.2, 0.25) is 0 Å². The first-order valence-corrected chi connectivity index (χ1v) is 9.22. The fourth-order valence-corrected chi connectivity index (χ4v) is 3.16. The topological polar surface area (TPSA) is 106 Å². The van der Waals surface area contributed by atoms with Crippen LogP contribution in [0.5, 0.6) is 17.2 Å². The van der Waals surface area contributed by atoms with Crippen LogP contribution in [0, 0.1) is 0 Å². The molecular formula is C21H23N3O6. The number of amides is 4. The Morgan fingerprint density at radius 1 is 1.00 bits per heavy atom. The molecule has 1 heterocycles. The van der Waals surface area contributed by atoms with E-state index in [0.29, 0.717) is 28.5 Å². The first-order valence-electron chi connectivity index (χ1n) is 9.22. The lowest BCUT2D eigenvalue weighted by Crippen LogP contribution is -2.34. The second-order valence-electron chi connectivity index (χ2n) is 6.57. The van der Waals surface area contributed by atoms with E-state index in [1.165, 1.54) is 21.3 Å².